The number of alkyl halides is 6. The molecule has 0 bridgehead atoms. The van der Waals surface area contributed by atoms with Gasteiger partial charge in [-0.1, -0.05) is 44.7 Å². The van der Waals surface area contributed by atoms with Crippen LogP contribution in [0.2, 0.25) is 0 Å². The highest BCUT2D eigenvalue weighted by Gasteiger charge is 2.50. The highest BCUT2D eigenvalue weighted by atomic mass is 19.4. The first-order valence-corrected chi connectivity index (χ1v) is 19.7. The smallest absolute Gasteiger partial charge is 0.394 e. The average Bonchev–Trinajstić information content (AvgIpc) is 3.20. The van der Waals surface area contributed by atoms with Crippen LogP contribution in [-0.2, 0) is 36.2 Å². The third-order valence-electron chi connectivity index (χ3n) is 10.0. The van der Waals surface area contributed by atoms with Crippen molar-refractivity contribution in [2.45, 2.75) is 126 Å². The first kappa shape index (κ1) is 49.1. The number of urea groups is 2. The van der Waals surface area contributed by atoms with Crippen molar-refractivity contribution in [3.8, 4) is 0 Å². The Hall–Kier alpha value is -4.58. The van der Waals surface area contributed by atoms with Gasteiger partial charge in [0, 0.05) is 30.6 Å². The summed E-state index contributed by atoms with van der Waals surface area (Å²) in [6.07, 6.45) is -15.4. The number of aliphatic hydroxyl groups excluding tert-OH is 4. The van der Waals surface area contributed by atoms with Gasteiger partial charge >= 0.3 is 24.4 Å². The Labute approximate surface area is 346 Å². The van der Waals surface area contributed by atoms with Crippen LogP contribution in [0.3, 0.4) is 0 Å². The van der Waals surface area contributed by atoms with Crippen molar-refractivity contribution in [1.29, 1.82) is 0 Å². The van der Waals surface area contributed by atoms with E-state index in [0.29, 0.717) is 18.6 Å². The Balaban J connectivity index is 1.61. The first-order chi connectivity index (χ1) is 28.8. The number of hydrogen-bond acceptors (Lipinski definition) is 11. The monoisotopic (exact) mass is 879 g/mol. The summed E-state index contributed by atoms with van der Waals surface area (Å²) in [5, 5.41) is 54.0. The molecule has 4 rings (SSSR count). The topological polar surface area (TPSA) is 237 Å². The standard InChI is InChI=1S/C39H51F6N5O11/c1-2-3-4-5-6-13-25(53)14-15-29(54)49-30-27(18-51)59-20-26(48-36(57)46-23-11-7-9-21(16-23)38(40,41)42)34(30)61-35-31(33(56)32(55)28(19-52)60-35)50-37(58)47-24-12-8-10-22(17-24)39(43,44)45/h7-12,16-17,26-28,30-35,51-52,55-56H,2-6,13-15,18-20H2,1H3,(H,49,54)(H2,46,48,57)(H2,47,50,58)/t26?,27?,28?,30-,31?,32-,33+,34+,35-/m0/s1. The second-order valence-electron chi connectivity index (χ2n) is 14.6. The van der Waals surface area contributed by atoms with Crippen LogP contribution in [0.5, 0.6) is 0 Å². The number of ketones is 1. The summed E-state index contributed by atoms with van der Waals surface area (Å²) in [6, 6.07) is 0.338. The van der Waals surface area contributed by atoms with Gasteiger partial charge in [-0.25, -0.2) is 9.59 Å². The molecule has 2 fully saturated rings. The van der Waals surface area contributed by atoms with E-state index in [2.05, 4.69) is 33.5 Å². The number of benzene rings is 2. The summed E-state index contributed by atoms with van der Waals surface area (Å²) in [6.45, 7) is -0.111. The van der Waals surface area contributed by atoms with Gasteiger partial charge in [-0.2, -0.15) is 26.3 Å². The number of halogens is 6. The van der Waals surface area contributed by atoms with E-state index in [1.165, 1.54) is 6.07 Å². The van der Waals surface area contributed by atoms with Crippen molar-refractivity contribution < 1.29 is 80.2 Å². The van der Waals surface area contributed by atoms with E-state index >= 15 is 0 Å². The number of carbonyl (C=O) groups excluding carboxylic acids is 4. The molecular formula is C39H51F6N5O11. The van der Waals surface area contributed by atoms with Crippen LogP contribution in [0.25, 0.3) is 0 Å². The maximum atomic E-state index is 13.4. The fraction of sp³-hybridized carbons (Fsp3) is 0.590. The molecule has 2 aromatic rings. The average molecular weight is 880 g/mol. The predicted molar refractivity (Wildman–Crippen MR) is 204 cm³/mol. The lowest BCUT2D eigenvalue weighted by atomic mass is 9.93. The quantitative estimate of drug-likeness (QED) is 0.0771. The number of aliphatic hydroxyl groups is 4. The Morgan fingerprint density at radius 1 is 0.721 bits per heavy atom. The maximum Gasteiger partial charge on any atom is 0.416 e. The summed E-state index contributed by atoms with van der Waals surface area (Å²) < 4.78 is 97.9. The summed E-state index contributed by atoms with van der Waals surface area (Å²) in [7, 11) is 0. The minimum Gasteiger partial charge on any atom is -0.394 e. The second-order valence-corrected chi connectivity index (χ2v) is 14.6. The Bertz CT molecular complexity index is 1770. The van der Waals surface area contributed by atoms with E-state index in [0.717, 1.165) is 56.0 Å². The highest BCUT2D eigenvalue weighted by molar-refractivity contribution is 5.90. The molecule has 0 aliphatic carbocycles. The number of rotatable bonds is 18. The summed E-state index contributed by atoms with van der Waals surface area (Å²) in [5.41, 5.74) is -2.76. The van der Waals surface area contributed by atoms with Crippen molar-refractivity contribution >= 4 is 35.1 Å². The first-order valence-electron chi connectivity index (χ1n) is 19.7. The normalized spacial score (nSPS) is 25.6. The van der Waals surface area contributed by atoms with E-state index in [-0.39, 0.29) is 36.4 Å². The molecule has 2 aliphatic heterocycles. The van der Waals surface area contributed by atoms with Crippen molar-refractivity contribution in [3.63, 3.8) is 0 Å². The van der Waals surface area contributed by atoms with Gasteiger partial charge in [-0.3, -0.25) is 9.59 Å². The van der Waals surface area contributed by atoms with E-state index in [9.17, 15) is 65.9 Å². The van der Waals surface area contributed by atoms with E-state index in [1.807, 2.05) is 0 Å². The molecular weight excluding hydrogens is 828 g/mol. The fourth-order valence-electron chi connectivity index (χ4n) is 6.80. The number of hydrogen-bond donors (Lipinski definition) is 9. The molecule has 2 heterocycles. The molecule has 22 heteroatoms. The Morgan fingerprint density at radius 3 is 1.85 bits per heavy atom. The maximum absolute atomic E-state index is 13.4. The largest absolute Gasteiger partial charge is 0.416 e. The Kier molecular flexibility index (Phi) is 18.1. The molecule has 9 atom stereocenters. The minimum atomic E-state index is -4.76. The molecule has 2 aliphatic rings. The van der Waals surface area contributed by atoms with Crippen molar-refractivity contribution in [1.82, 2.24) is 16.0 Å². The summed E-state index contributed by atoms with van der Waals surface area (Å²) in [4.78, 5) is 52.4. The molecule has 0 aromatic heterocycles. The van der Waals surface area contributed by atoms with Gasteiger partial charge in [-0.05, 0) is 42.8 Å². The summed E-state index contributed by atoms with van der Waals surface area (Å²) >= 11 is 0. The Morgan fingerprint density at radius 2 is 1.30 bits per heavy atom. The molecule has 16 nitrogen and oxygen atoms in total. The van der Waals surface area contributed by atoms with E-state index in [4.69, 9.17) is 14.2 Å². The molecule has 9 N–H and O–H groups in total. The molecule has 0 radical (unpaired) electrons. The highest BCUT2D eigenvalue weighted by Crippen LogP contribution is 2.33. The van der Waals surface area contributed by atoms with Gasteiger partial charge in [0.2, 0.25) is 5.91 Å². The molecule has 2 saturated heterocycles. The van der Waals surface area contributed by atoms with E-state index < -0.39 is 116 Å². The third-order valence-corrected chi connectivity index (χ3v) is 10.0. The molecule has 0 spiro atoms. The molecule has 4 unspecified atom stereocenters. The van der Waals surface area contributed by atoms with Crippen molar-refractivity contribution in [2.24, 2.45) is 0 Å². The lowest BCUT2D eigenvalue weighted by Crippen LogP contribution is -2.70. The number of amides is 5. The number of ether oxygens (including phenoxy) is 3. The van der Waals surface area contributed by atoms with Gasteiger partial charge in [0.25, 0.3) is 0 Å². The number of unbranched alkanes of at least 4 members (excludes halogenated alkanes) is 4. The number of carbonyl (C=O) groups is 4. The zero-order valence-electron chi connectivity index (χ0n) is 33.0. The van der Waals surface area contributed by atoms with Gasteiger partial charge in [0.05, 0.1) is 43.0 Å². The van der Waals surface area contributed by atoms with Crippen LogP contribution in [0.4, 0.5) is 47.3 Å². The number of Topliss-reactive ketones (excluding diaryl/α,β-unsaturated/α-hetero) is 1. The van der Waals surface area contributed by atoms with Crippen LogP contribution >= 0.6 is 0 Å². The predicted octanol–water partition coefficient (Wildman–Crippen LogP) is 3.81. The lowest BCUT2D eigenvalue weighted by Gasteiger charge is -2.47. The lowest BCUT2D eigenvalue weighted by molar-refractivity contribution is -0.293. The second kappa shape index (κ2) is 22.5. The minimum absolute atomic E-state index is 0.148. The van der Waals surface area contributed by atoms with Crippen LogP contribution in [-0.4, -0.2) is 119 Å². The van der Waals surface area contributed by atoms with Gasteiger partial charge < -0.3 is 61.2 Å². The van der Waals surface area contributed by atoms with Gasteiger partial charge in [0.15, 0.2) is 6.29 Å². The summed E-state index contributed by atoms with van der Waals surface area (Å²) in [5.74, 6) is -0.906. The van der Waals surface area contributed by atoms with Gasteiger partial charge in [0.1, 0.15) is 42.3 Å². The van der Waals surface area contributed by atoms with Crippen molar-refractivity contribution in [2.75, 3.05) is 30.5 Å². The van der Waals surface area contributed by atoms with Crippen LogP contribution in [0, 0.1) is 0 Å². The van der Waals surface area contributed by atoms with Gasteiger partial charge in [-0.15, -0.1) is 0 Å². The fourth-order valence-corrected chi connectivity index (χ4v) is 6.80. The van der Waals surface area contributed by atoms with Crippen molar-refractivity contribution in [3.05, 3.63) is 59.7 Å². The zero-order valence-corrected chi connectivity index (χ0v) is 33.0. The van der Waals surface area contributed by atoms with Crippen LogP contribution in [0.1, 0.15) is 69.4 Å². The number of anilines is 2. The molecule has 61 heavy (non-hydrogen) atoms. The van der Waals surface area contributed by atoms with E-state index in [1.54, 1.807) is 0 Å². The van der Waals surface area contributed by atoms with Crippen LogP contribution < -0.4 is 26.6 Å². The molecule has 0 saturated carbocycles. The molecule has 5 amide bonds. The number of nitrogens with one attached hydrogen (secondary N) is 5. The zero-order chi connectivity index (χ0) is 44.9. The van der Waals surface area contributed by atoms with Crippen LogP contribution in [0.15, 0.2) is 48.5 Å². The third kappa shape index (κ3) is 14.5. The molecule has 340 valence electrons. The molecule has 2 aromatic carbocycles. The SMILES string of the molecule is CCCCCCCC(=O)CCC(=O)N[C@H]1C(CO)OCC(NC(=O)Nc2cccc(C(F)(F)F)c2)[C@H]1O[C@@H]1OC(CO)[C@H](O)[C@H](O)C1NC(=O)Nc1cccc(C(F)(F)F)c1.